The van der Waals surface area contributed by atoms with Crippen LogP contribution < -0.4 is 10.6 Å². The van der Waals surface area contributed by atoms with Crippen molar-refractivity contribution in [2.45, 2.75) is 44.1 Å². The second-order valence-corrected chi connectivity index (χ2v) is 6.61. The Labute approximate surface area is 120 Å². The molecule has 3 rings (SSSR count). The van der Waals surface area contributed by atoms with E-state index in [9.17, 15) is 9.59 Å². The van der Waals surface area contributed by atoms with Crippen molar-refractivity contribution in [3.05, 3.63) is 0 Å². The van der Waals surface area contributed by atoms with E-state index in [2.05, 4.69) is 10.6 Å². The summed E-state index contributed by atoms with van der Waals surface area (Å²) in [6, 6.07) is 0. The molecule has 112 valence electrons. The summed E-state index contributed by atoms with van der Waals surface area (Å²) in [6.45, 7) is 2.43. The molecule has 20 heavy (non-hydrogen) atoms. The van der Waals surface area contributed by atoms with E-state index >= 15 is 0 Å². The number of carbonyl (C=O) groups excluding carboxylic acids is 2. The van der Waals surface area contributed by atoms with Crippen molar-refractivity contribution in [3.8, 4) is 0 Å². The van der Waals surface area contributed by atoms with Gasteiger partial charge in [-0.1, -0.05) is 0 Å². The maximum absolute atomic E-state index is 12.1. The SMILES string of the molecule is CNC1(C(=O)NCC2CCCN(C(=O)C3CC3)C2)CC1. The van der Waals surface area contributed by atoms with Gasteiger partial charge in [-0.25, -0.2) is 0 Å². The van der Waals surface area contributed by atoms with Gasteiger partial charge in [-0.2, -0.15) is 0 Å². The highest BCUT2D eigenvalue weighted by Gasteiger charge is 2.48. The van der Waals surface area contributed by atoms with Gasteiger partial charge in [0.25, 0.3) is 0 Å². The van der Waals surface area contributed by atoms with Crippen molar-refractivity contribution in [2.24, 2.45) is 11.8 Å². The third-order valence-corrected chi connectivity index (χ3v) is 4.97. The summed E-state index contributed by atoms with van der Waals surface area (Å²) in [5.74, 6) is 1.20. The monoisotopic (exact) mass is 279 g/mol. The van der Waals surface area contributed by atoms with Gasteiger partial charge in [-0.3, -0.25) is 9.59 Å². The standard InChI is InChI=1S/C15H25N3O2/c1-16-15(6-7-15)14(20)17-9-11-3-2-8-18(10-11)13(19)12-4-5-12/h11-12,16H,2-10H2,1H3,(H,17,20). The van der Waals surface area contributed by atoms with Crippen LogP contribution in [0.5, 0.6) is 0 Å². The fourth-order valence-corrected chi connectivity index (χ4v) is 3.14. The van der Waals surface area contributed by atoms with E-state index in [4.69, 9.17) is 0 Å². The molecule has 0 aromatic carbocycles. The fraction of sp³-hybridized carbons (Fsp3) is 0.867. The Morgan fingerprint density at radius 1 is 1.25 bits per heavy atom. The lowest BCUT2D eigenvalue weighted by Crippen LogP contribution is -2.49. The number of hydrogen-bond acceptors (Lipinski definition) is 3. The Hall–Kier alpha value is -1.10. The van der Waals surface area contributed by atoms with Crippen LogP contribution in [0.15, 0.2) is 0 Å². The third kappa shape index (κ3) is 2.82. The Bertz CT molecular complexity index is 402. The topological polar surface area (TPSA) is 61.4 Å². The lowest BCUT2D eigenvalue weighted by atomic mass is 9.97. The first-order valence-corrected chi connectivity index (χ1v) is 7.90. The average Bonchev–Trinajstić information content (AvgIpc) is 3.37. The summed E-state index contributed by atoms with van der Waals surface area (Å²) in [6.07, 6.45) is 6.19. The van der Waals surface area contributed by atoms with Crippen LogP contribution in [0.4, 0.5) is 0 Å². The van der Waals surface area contributed by atoms with Crippen LogP contribution in [0.2, 0.25) is 0 Å². The van der Waals surface area contributed by atoms with Crippen LogP contribution in [0.1, 0.15) is 38.5 Å². The molecule has 0 spiro atoms. The number of hydrogen-bond donors (Lipinski definition) is 2. The second kappa shape index (κ2) is 5.35. The number of carbonyl (C=O) groups is 2. The normalized spacial score (nSPS) is 28.1. The molecule has 2 N–H and O–H groups in total. The van der Waals surface area contributed by atoms with Gasteiger partial charge in [0, 0.05) is 25.6 Å². The molecular formula is C15H25N3O2. The predicted molar refractivity (Wildman–Crippen MR) is 76.1 cm³/mol. The van der Waals surface area contributed by atoms with Crippen molar-refractivity contribution >= 4 is 11.8 Å². The number of amides is 2. The van der Waals surface area contributed by atoms with E-state index < -0.39 is 0 Å². The number of nitrogens with zero attached hydrogens (tertiary/aromatic N) is 1. The number of likely N-dealkylation sites (N-methyl/N-ethyl adjacent to an activating group) is 1. The Morgan fingerprint density at radius 2 is 2.00 bits per heavy atom. The van der Waals surface area contributed by atoms with Gasteiger partial charge in [0.05, 0.1) is 5.54 Å². The third-order valence-electron chi connectivity index (χ3n) is 4.97. The summed E-state index contributed by atoms with van der Waals surface area (Å²) < 4.78 is 0. The molecule has 3 fully saturated rings. The molecule has 2 amide bonds. The van der Waals surface area contributed by atoms with Crippen LogP contribution in [0.25, 0.3) is 0 Å². The largest absolute Gasteiger partial charge is 0.354 e. The molecule has 2 aliphatic carbocycles. The first-order valence-electron chi connectivity index (χ1n) is 7.90. The molecule has 1 unspecified atom stereocenters. The molecule has 2 saturated carbocycles. The minimum absolute atomic E-state index is 0.130. The summed E-state index contributed by atoms with van der Waals surface area (Å²) in [5, 5.41) is 6.18. The van der Waals surface area contributed by atoms with E-state index in [1.807, 2.05) is 11.9 Å². The molecule has 1 saturated heterocycles. The highest BCUT2D eigenvalue weighted by atomic mass is 16.2. The minimum Gasteiger partial charge on any atom is -0.354 e. The zero-order chi connectivity index (χ0) is 14.2. The van der Waals surface area contributed by atoms with E-state index in [1.165, 1.54) is 0 Å². The van der Waals surface area contributed by atoms with Crippen LogP contribution >= 0.6 is 0 Å². The first-order chi connectivity index (χ1) is 9.64. The maximum atomic E-state index is 12.1. The Balaban J connectivity index is 1.45. The predicted octanol–water partition coefficient (Wildman–Crippen LogP) is 0.503. The highest BCUT2D eigenvalue weighted by molar-refractivity contribution is 5.89. The number of piperidine rings is 1. The van der Waals surface area contributed by atoms with E-state index in [0.29, 0.717) is 24.3 Å². The molecule has 5 nitrogen and oxygen atoms in total. The Kier molecular flexibility index (Phi) is 3.71. The summed E-state index contributed by atoms with van der Waals surface area (Å²) in [7, 11) is 1.85. The molecule has 0 aromatic rings. The van der Waals surface area contributed by atoms with Crippen LogP contribution in [0.3, 0.4) is 0 Å². The lowest BCUT2D eigenvalue weighted by molar-refractivity contribution is -0.134. The van der Waals surface area contributed by atoms with Gasteiger partial charge in [-0.05, 0) is 51.5 Å². The molecule has 1 aliphatic heterocycles. The summed E-state index contributed by atoms with van der Waals surface area (Å²) in [4.78, 5) is 26.2. The number of likely N-dealkylation sites (tertiary alicyclic amines) is 1. The smallest absolute Gasteiger partial charge is 0.240 e. The van der Waals surface area contributed by atoms with Gasteiger partial charge < -0.3 is 15.5 Å². The van der Waals surface area contributed by atoms with Gasteiger partial charge in [0.15, 0.2) is 0 Å². The molecule has 0 radical (unpaired) electrons. The van der Waals surface area contributed by atoms with Crippen LogP contribution in [0, 0.1) is 11.8 Å². The molecule has 5 heteroatoms. The summed E-state index contributed by atoms with van der Waals surface area (Å²) >= 11 is 0. The van der Waals surface area contributed by atoms with Gasteiger partial charge >= 0.3 is 0 Å². The van der Waals surface area contributed by atoms with Crippen molar-refractivity contribution in [1.29, 1.82) is 0 Å². The van der Waals surface area contributed by atoms with Gasteiger partial charge in [0.2, 0.25) is 11.8 Å². The first kappa shape index (κ1) is 13.9. The lowest BCUT2D eigenvalue weighted by Gasteiger charge is -2.33. The molecule has 1 atom stereocenters. The van der Waals surface area contributed by atoms with E-state index in [0.717, 1.165) is 51.6 Å². The fourth-order valence-electron chi connectivity index (χ4n) is 3.14. The zero-order valence-electron chi connectivity index (χ0n) is 12.3. The average molecular weight is 279 g/mol. The Morgan fingerprint density at radius 3 is 2.60 bits per heavy atom. The molecule has 3 aliphatic rings. The molecule has 0 aromatic heterocycles. The van der Waals surface area contributed by atoms with Crippen molar-refractivity contribution in [2.75, 3.05) is 26.7 Å². The van der Waals surface area contributed by atoms with E-state index in [-0.39, 0.29) is 11.4 Å². The molecule has 0 bridgehead atoms. The minimum atomic E-state index is -0.293. The number of nitrogens with one attached hydrogen (secondary N) is 2. The molecule has 1 heterocycles. The van der Waals surface area contributed by atoms with E-state index in [1.54, 1.807) is 0 Å². The number of rotatable bonds is 5. The van der Waals surface area contributed by atoms with Crippen molar-refractivity contribution in [3.63, 3.8) is 0 Å². The zero-order valence-corrected chi connectivity index (χ0v) is 12.3. The molecular weight excluding hydrogens is 254 g/mol. The van der Waals surface area contributed by atoms with Gasteiger partial charge in [-0.15, -0.1) is 0 Å². The van der Waals surface area contributed by atoms with Crippen LogP contribution in [-0.4, -0.2) is 48.9 Å². The van der Waals surface area contributed by atoms with Gasteiger partial charge in [0.1, 0.15) is 0 Å². The van der Waals surface area contributed by atoms with Crippen molar-refractivity contribution < 1.29 is 9.59 Å². The van der Waals surface area contributed by atoms with Crippen LogP contribution in [-0.2, 0) is 9.59 Å². The second-order valence-electron chi connectivity index (χ2n) is 6.61. The summed E-state index contributed by atoms with van der Waals surface area (Å²) in [5.41, 5.74) is -0.293. The quantitative estimate of drug-likeness (QED) is 0.770. The highest BCUT2D eigenvalue weighted by Crippen LogP contribution is 2.35. The van der Waals surface area contributed by atoms with Crippen molar-refractivity contribution in [1.82, 2.24) is 15.5 Å². The maximum Gasteiger partial charge on any atom is 0.240 e.